The van der Waals surface area contributed by atoms with Crippen LogP contribution in [0.2, 0.25) is 0 Å². The molecule has 2 heteroatoms. The van der Waals surface area contributed by atoms with Gasteiger partial charge in [0, 0.05) is 0 Å². The fourth-order valence-corrected chi connectivity index (χ4v) is 7.01. The van der Waals surface area contributed by atoms with Crippen LogP contribution >= 0.6 is 6.04 Å². The topological polar surface area (TPSA) is 0 Å². The highest BCUT2D eigenvalue weighted by molar-refractivity contribution is 8.14. The van der Waals surface area contributed by atoms with E-state index in [1.54, 1.807) is 0 Å². The first-order valence-corrected chi connectivity index (χ1v) is 11.4. The van der Waals surface area contributed by atoms with Crippen LogP contribution in [0.25, 0.3) is 0 Å². The summed E-state index contributed by atoms with van der Waals surface area (Å²) in [7, 11) is 0. The molecule has 0 aliphatic carbocycles. The summed E-state index contributed by atoms with van der Waals surface area (Å²) in [6.07, 6.45) is 15.1. The van der Waals surface area contributed by atoms with Crippen molar-refractivity contribution in [2.24, 2.45) is 0 Å². The Balaban J connectivity index is 4.12. The summed E-state index contributed by atoms with van der Waals surface area (Å²) < 4.78 is 0. The zero-order chi connectivity index (χ0) is 13.9. The summed E-state index contributed by atoms with van der Waals surface area (Å²) in [4.78, 5) is 0. The van der Waals surface area contributed by atoms with Gasteiger partial charge in [0.05, 0.1) is 0 Å². The van der Waals surface area contributed by atoms with E-state index in [9.17, 15) is 0 Å². The summed E-state index contributed by atoms with van der Waals surface area (Å²) in [6, 6.07) is -1.06. The Morgan fingerprint density at radius 2 is 1.22 bits per heavy atom. The van der Waals surface area contributed by atoms with Gasteiger partial charge in [-0.1, -0.05) is 78.0 Å². The van der Waals surface area contributed by atoms with Crippen LogP contribution in [0.15, 0.2) is 0 Å². The van der Waals surface area contributed by atoms with Crippen molar-refractivity contribution >= 4 is 17.8 Å². The summed E-state index contributed by atoms with van der Waals surface area (Å²) in [6.45, 7) is 9.31. The zero-order valence-corrected chi connectivity index (χ0v) is 14.9. The molecule has 0 aliphatic heterocycles. The standard InChI is InChI=1S/C16H35PS/c1-5-8-10-12-14-17(18,16(4)7-3)15-13-11-9-6-2/h16H,5-15H2,1-4H3. The molecule has 0 aliphatic rings. The van der Waals surface area contributed by atoms with Crippen molar-refractivity contribution in [3.8, 4) is 0 Å². The quantitative estimate of drug-likeness (QED) is 0.295. The molecule has 0 saturated carbocycles. The van der Waals surface area contributed by atoms with E-state index in [-0.39, 0.29) is 0 Å². The van der Waals surface area contributed by atoms with E-state index in [0.29, 0.717) is 0 Å². The van der Waals surface area contributed by atoms with E-state index < -0.39 is 6.04 Å². The Labute approximate surface area is 121 Å². The van der Waals surface area contributed by atoms with Crippen LogP contribution in [0.4, 0.5) is 0 Å². The van der Waals surface area contributed by atoms with Crippen molar-refractivity contribution in [3.63, 3.8) is 0 Å². The highest BCUT2D eigenvalue weighted by Gasteiger charge is 2.22. The average molecular weight is 290 g/mol. The molecular weight excluding hydrogens is 255 g/mol. The fraction of sp³-hybridized carbons (Fsp3) is 1.00. The second kappa shape index (κ2) is 11.5. The van der Waals surface area contributed by atoms with Crippen molar-refractivity contribution < 1.29 is 0 Å². The van der Waals surface area contributed by atoms with Gasteiger partial charge in [-0.15, -0.1) is 0 Å². The highest BCUT2D eigenvalue weighted by Crippen LogP contribution is 2.53. The first-order valence-electron chi connectivity index (χ1n) is 8.18. The number of hydrogen-bond donors (Lipinski definition) is 0. The van der Waals surface area contributed by atoms with Gasteiger partial charge in [-0.05, 0) is 43.3 Å². The first kappa shape index (κ1) is 18.7. The maximum atomic E-state index is 6.13. The van der Waals surface area contributed by atoms with E-state index >= 15 is 0 Å². The van der Waals surface area contributed by atoms with Crippen molar-refractivity contribution in [2.45, 2.75) is 91.1 Å². The van der Waals surface area contributed by atoms with Gasteiger partial charge in [0.15, 0.2) is 0 Å². The maximum absolute atomic E-state index is 6.13. The minimum atomic E-state index is -1.06. The van der Waals surface area contributed by atoms with Crippen molar-refractivity contribution in [3.05, 3.63) is 0 Å². The zero-order valence-electron chi connectivity index (χ0n) is 13.2. The van der Waals surface area contributed by atoms with E-state index in [0.717, 1.165) is 5.66 Å². The lowest BCUT2D eigenvalue weighted by Gasteiger charge is -2.28. The smallest absolute Gasteiger partial charge is 0.0149 e. The summed E-state index contributed by atoms with van der Waals surface area (Å²) in [5, 5.41) is 0. The minimum absolute atomic E-state index is 0.816. The van der Waals surface area contributed by atoms with Crippen LogP contribution in [0.3, 0.4) is 0 Å². The lowest BCUT2D eigenvalue weighted by atomic mass is 10.2. The van der Waals surface area contributed by atoms with Crippen LogP contribution < -0.4 is 0 Å². The largest absolute Gasteiger partial charge is 0.0972 e. The SMILES string of the molecule is CCCCCCP(=S)(CCCCCC)C(C)CC. The molecule has 1 unspecified atom stereocenters. The lowest BCUT2D eigenvalue weighted by molar-refractivity contribution is 0.691. The molecule has 0 saturated heterocycles. The predicted octanol–water partition coefficient (Wildman–Crippen LogP) is 6.43. The Hall–Kier alpha value is 0.650. The third-order valence-electron chi connectivity index (χ3n) is 4.17. The predicted molar refractivity (Wildman–Crippen MR) is 92.1 cm³/mol. The van der Waals surface area contributed by atoms with Crippen LogP contribution in [-0.4, -0.2) is 18.0 Å². The van der Waals surface area contributed by atoms with Gasteiger partial charge in [-0.2, -0.15) is 0 Å². The van der Waals surface area contributed by atoms with Crippen LogP contribution in [0, 0.1) is 0 Å². The molecule has 0 fully saturated rings. The second-order valence-electron chi connectivity index (χ2n) is 5.78. The number of unbranched alkanes of at least 4 members (excludes halogenated alkanes) is 6. The molecule has 0 aromatic carbocycles. The highest BCUT2D eigenvalue weighted by atomic mass is 32.4. The van der Waals surface area contributed by atoms with Gasteiger partial charge >= 0.3 is 0 Å². The molecule has 0 rings (SSSR count). The third-order valence-corrected chi connectivity index (χ3v) is 10.5. The monoisotopic (exact) mass is 290 g/mol. The Morgan fingerprint density at radius 3 is 1.56 bits per heavy atom. The molecule has 0 heterocycles. The Morgan fingerprint density at radius 1 is 0.778 bits per heavy atom. The second-order valence-corrected chi connectivity index (χ2v) is 11.6. The van der Waals surface area contributed by atoms with Crippen LogP contribution in [0.5, 0.6) is 0 Å². The van der Waals surface area contributed by atoms with Crippen molar-refractivity contribution in [1.82, 2.24) is 0 Å². The van der Waals surface area contributed by atoms with Gasteiger partial charge in [-0.3, -0.25) is 0 Å². The molecule has 0 N–H and O–H groups in total. The van der Waals surface area contributed by atoms with E-state index in [2.05, 4.69) is 27.7 Å². The normalized spacial score (nSPS) is 13.8. The van der Waals surface area contributed by atoms with Crippen molar-refractivity contribution in [2.75, 3.05) is 12.3 Å². The van der Waals surface area contributed by atoms with E-state index in [1.807, 2.05) is 0 Å². The third kappa shape index (κ3) is 7.95. The summed E-state index contributed by atoms with van der Waals surface area (Å²) >= 11 is 6.13. The number of rotatable bonds is 12. The van der Waals surface area contributed by atoms with Gasteiger partial charge < -0.3 is 0 Å². The van der Waals surface area contributed by atoms with E-state index in [1.165, 1.54) is 70.1 Å². The van der Waals surface area contributed by atoms with E-state index in [4.69, 9.17) is 11.8 Å². The molecule has 0 aromatic heterocycles. The minimum Gasteiger partial charge on any atom is -0.0972 e. The van der Waals surface area contributed by atoms with Gasteiger partial charge in [0.25, 0.3) is 0 Å². The van der Waals surface area contributed by atoms with Gasteiger partial charge in [0.2, 0.25) is 0 Å². The molecule has 0 radical (unpaired) electrons. The molecule has 0 bridgehead atoms. The Kier molecular flexibility index (Phi) is 11.9. The molecule has 110 valence electrons. The van der Waals surface area contributed by atoms with Crippen molar-refractivity contribution in [1.29, 1.82) is 0 Å². The lowest BCUT2D eigenvalue weighted by Crippen LogP contribution is -2.09. The molecule has 18 heavy (non-hydrogen) atoms. The number of hydrogen-bond acceptors (Lipinski definition) is 1. The molecule has 0 spiro atoms. The van der Waals surface area contributed by atoms with Crippen LogP contribution in [0.1, 0.15) is 85.5 Å². The average Bonchev–Trinajstić information content (AvgIpc) is 2.39. The van der Waals surface area contributed by atoms with Gasteiger partial charge in [0.1, 0.15) is 0 Å². The summed E-state index contributed by atoms with van der Waals surface area (Å²) in [5.74, 6) is 0. The molecular formula is C16H35PS. The molecule has 0 aromatic rings. The van der Waals surface area contributed by atoms with Crippen LogP contribution in [-0.2, 0) is 11.8 Å². The summed E-state index contributed by atoms with van der Waals surface area (Å²) in [5.41, 5.74) is 0.816. The molecule has 0 amide bonds. The van der Waals surface area contributed by atoms with Gasteiger partial charge in [-0.25, -0.2) is 0 Å². The molecule has 0 nitrogen and oxygen atoms in total. The maximum Gasteiger partial charge on any atom is -0.0149 e. The first-order chi connectivity index (χ1) is 8.60. The Bertz CT molecular complexity index is 209. The molecule has 1 atom stereocenters. The fourth-order valence-electron chi connectivity index (χ4n) is 2.50.